The monoisotopic (exact) mass is 446 g/mol. The fourth-order valence-electron chi connectivity index (χ4n) is 11.1. The van der Waals surface area contributed by atoms with Crippen LogP contribution in [0.5, 0.6) is 0 Å². The number of aliphatic hydroxyl groups excluding tert-OH is 3. The molecule has 0 aromatic carbocycles. The van der Waals surface area contributed by atoms with Gasteiger partial charge in [0, 0.05) is 5.41 Å². The molecule has 5 rings (SSSR count). The van der Waals surface area contributed by atoms with Gasteiger partial charge in [-0.2, -0.15) is 0 Å². The lowest BCUT2D eigenvalue weighted by molar-refractivity contribution is -0.157. The highest BCUT2D eigenvalue weighted by atomic mass is 16.3. The van der Waals surface area contributed by atoms with E-state index < -0.39 is 12.2 Å². The van der Waals surface area contributed by atoms with Gasteiger partial charge in [0.05, 0.1) is 18.3 Å². The van der Waals surface area contributed by atoms with Crippen molar-refractivity contribution in [2.45, 2.75) is 118 Å². The summed E-state index contributed by atoms with van der Waals surface area (Å²) in [5.41, 5.74) is 0.856. The van der Waals surface area contributed by atoms with Crippen molar-refractivity contribution in [2.24, 2.45) is 63.6 Å². The maximum atomic E-state index is 11.4. The molecule has 13 atom stereocenters. The van der Waals surface area contributed by atoms with E-state index in [0.29, 0.717) is 29.1 Å². The van der Waals surface area contributed by atoms with Crippen molar-refractivity contribution in [1.82, 2.24) is 0 Å². The summed E-state index contributed by atoms with van der Waals surface area (Å²) in [6, 6.07) is 0. The van der Waals surface area contributed by atoms with Gasteiger partial charge in [0.25, 0.3) is 0 Å². The zero-order valence-corrected chi connectivity index (χ0v) is 21.6. The molecule has 0 radical (unpaired) electrons. The van der Waals surface area contributed by atoms with Crippen LogP contribution in [-0.2, 0) is 0 Å². The summed E-state index contributed by atoms with van der Waals surface area (Å²) in [4.78, 5) is 0. The smallest absolute Gasteiger partial charge is 0.0832 e. The van der Waals surface area contributed by atoms with E-state index in [-0.39, 0.29) is 28.8 Å². The van der Waals surface area contributed by atoms with Gasteiger partial charge in [-0.15, -0.1) is 0 Å². The summed E-state index contributed by atoms with van der Waals surface area (Å²) in [5.74, 6) is 4.05. The van der Waals surface area contributed by atoms with E-state index in [1.54, 1.807) is 0 Å². The Balaban J connectivity index is 1.36. The van der Waals surface area contributed by atoms with Crippen molar-refractivity contribution < 1.29 is 15.3 Å². The Hall–Kier alpha value is -0.120. The van der Waals surface area contributed by atoms with Gasteiger partial charge in [-0.05, 0) is 110 Å². The normalized spacial score (nSPS) is 53.1. The molecule has 0 saturated heterocycles. The second-order valence-corrected chi connectivity index (χ2v) is 13.9. The van der Waals surface area contributed by atoms with Crippen LogP contribution in [0.1, 0.15) is 99.3 Å². The molecule has 32 heavy (non-hydrogen) atoms. The lowest BCUT2D eigenvalue weighted by atomic mass is 9.45. The van der Waals surface area contributed by atoms with E-state index in [0.717, 1.165) is 24.7 Å². The van der Waals surface area contributed by atoms with E-state index in [1.807, 2.05) is 0 Å². The average molecular weight is 447 g/mol. The molecule has 0 bridgehead atoms. The highest BCUT2D eigenvalue weighted by Gasteiger charge is 2.77. The first-order valence-electron chi connectivity index (χ1n) is 14.1. The average Bonchev–Trinajstić information content (AvgIpc) is 3.27. The molecule has 3 nitrogen and oxygen atoms in total. The molecule has 3 heteroatoms. The molecule has 5 aliphatic carbocycles. The Kier molecular flexibility index (Phi) is 5.67. The van der Waals surface area contributed by atoms with Crippen LogP contribution in [0.25, 0.3) is 0 Å². The molecule has 0 aromatic rings. The molecule has 184 valence electrons. The van der Waals surface area contributed by atoms with Crippen molar-refractivity contribution in [3.05, 3.63) is 0 Å². The Labute approximate surface area is 196 Å². The largest absolute Gasteiger partial charge is 0.393 e. The van der Waals surface area contributed by atoms with Gasteiger partial charge in [-0.25, -0.2) is 0 Å². The molecule has 0 amide bonds. The van der Waals surface area contributed by atoms with Crippen LogP contribution in [0, 0.1) is 63.6 Å². The number of rotatable bonds is 6. The van der Waals surface area contributed by atoms with Crippen LogP contribution in [-0.4, -0.2) is 33.6 Å². The number of hydrogen-bond donors (Lipinski definition) is 3. The van der Waals surface area contributed by atoms with Gasteiger partial charge in [-0.1, -0.05) is 48.0 Å². The SMILES string of the molecule is CC[C@@H](C(C)C)[C@@H](O)[C@H](O)[C@@H](C)[C@H]1CC[C@H]2[C@@H]3C[C@@H](O)[C@]45C[C@H]4CC[C@]5(C)[C@H]3CC[C@]12C. The Morgan fingerprint density at radius 2 is 1.62 bits per heavy atom. The second-order valence-electron chi connectivity index (χ2n) is 13.9. The van der Waals surface area contributed by atoms with Crippen molar-refractivity contribution in [3.63, 3.8) is 0 Å². The van der Waals surface area contributed by atoms with Crippen molar-refractivity contribution in [1.29, 1.82) is 0 Å². The predicted molar refractivity (Wildman–Crippen MR) is 129 cm³/mol. The number of fused-ring (bicyclic) bond motifs is 4. The van der Waals surface area contributed by atoms with Crippen LogP contribution in [0.2, 0.25) is 0 Å². The third-order valence-corrected chi connectivity index (χ3v) is 12.9. The molecule has 5 aliphatic rings. The Morgan fingerprint density at radius 1 is 0.906 bits per heavy atom. The standard InChI is InChI=1S/C29H50O3/c1-7-19(16(2)3)26(32)25(31)17(4)21-8-9-22-20-14-24(30)29-15-18(29)10-13-28(29,6)23(20)11-12-27(21,22)5/h16-26,30-32H,7-15H2,1-6H3/t17-,18+,19-,20-,21+,22-,23-,24+,25+,26+,27+,28+,29-/m0/s1. The first kappa shape index (κ1) is 23.6. The number of aliphatic hydroxyl groups is 3. The van der Waals surface area contributed by atoms with Gasteiger partial charge >= 0.3 is 0 Å². The van der Waals surface area contributed by atoms with Crippen molar-refractivity contribution in [2.75, 3.05) is 0 Å². The van der Waals surface area contributed by atoms with Crippen molar-refractivity contribution in [3.8, 4) is 0 Å². The maximum absolute atomic E-state index is 11.4. The zero-order chi connectivity index (χ0) is 23.2. The maximum Gasteiger partial charge on any atom is 0.0832 e. The molecular weight excluding hydrogens is 396 g/mol. The highest BCUT2D eigenvalue weighted by molar-refractivity contribution is 5.25. The van der Waals surface area contributed by atoms with E-state index in [2.05, 4.69) is 41.5 Å². The summed E-state index contributed by atoms with van der Waals surface area (Å²) in [6.07, 6.45) is 9.53. The minimum absolute atomic E-state index is 0.0937. The van der Waals surface area contributed by atoms with E-state index in [9.17, 15) is 15.3 Å². The Morgan fingerprint density at radius 3 is 2.25 bits per heavy atom. The summed E-state index contributed by atoms with van der Waals surface area (Å²) >= 11 is 0. The van der Waals surface area contributed by atoms with E-state index in [1.165, 1.54) is 44.9 Å². The van der Waals surface area contributed by atoms with Crippen molar-refractivity contribution >= 4 is 0 Å². The van der Waals surface area contributed by atoms with Gasteiger partial charge < -0.3 is 15.3 Å². The van der Waals surface area contributed by atoms with Gasteiger partial charge in [0.2, 0.25) is 0 Å². The van der Waals surface area contributed by atoms with Crippen LogP contribution in [0.4, 0.5) is 0 Å². The fourth-order valence-corrected chi connectivity index (χ4v) is 11.1. The third kappa shape index (κ3) is 2.89. The lowest BCUT2D eigenvalue weighted by Crippen LogP contribution is -2.57. The van der Waals surface area contributed by atoms with E-state index in [4.69, 9.17) is 0 Å². The second kappa shape index (κ2) is 7.69. The molecule has 5 saturated carbocycles. The molecule has 0 heterocycles. The van der Waals surface area contributed by atoms with Gasteiger partial charge in [0.1, 0.15) is 0 Å². The molecule has 0 unspecified atom stereocenters. The summed E-state index contributed by atoms with van der Waals surface area (Å²) in [6.45, 7) is 13.7. The number of hydrogen-bond acceptors (Lipinski definition) is 3. The Bertz CT molecular complexity index is 721. The topological polar surface area (TPSA) is 60.7 Å². The molecule has 3 N–H and O–H groups in total. The minimum Gasteiger partial charge on any atom is -0.393 e. The fraction of sp³-hybridized carbons (Fsp3) is 1.00. The lowest BCUT2D eigenvalue weighted by Gasteiger charge is -2.60. The molecule has 5 fully saturated rings. The molecule has 0 aliphatic heterocycles. The summed E-state index contributed by atoms with van der Waals surface area (Å²) in [5, 5.41) is 33.7. The molecule has 1 spiro atoms. The van der Waals surface area contributed by atoms with Crippen LogP contribution in [0.3, 0.4) is 0 Å². The molecule has 0 aromatic heterocycles. The minimum atomic E-state index is -0.638. The van der Waals surface area contributed by atoms with Gasteiger partial charge in [-0.3, -0.25) is 0 Å². The predicted octanol–water partition coefficient (Wildman–Crippen LogP) is 5.66. The van der Waals surface area contributed by atoms with Crippen LogP contribution < -0.4 is 0 Å². The van der Waals surface area contributed by atoms with Gasteiger partial charge in [0.15, 0.2) is 0 Å². The first-order valence-corrected chi connectivity index (χ1v) is 14.1. The quantitative estimate of drug-likeness (QED) is 0.494. The molecular formula is C29H50O3. The summed E-state index contributed by atoms with van der Waals surface area (Å²) < 4.78 is 0. The first-order chi connectivity index (χ1) is 15.0. The van der Waals surface area contributed by atoms with Crippen LogP contribution in [0.15, 0.2) is 0 Å². The van der Waals surface area contributed by atoms with E-state index >= 15 is 0 Å². The zero-order valence-electron chi connectivity index (χ0n) is 21.6. The summed E-state index contributed by atoms with van der Waals surface area (Å²) in [7, 11) is 0. The highest BCUT2D eigenvalue weighted by Crippen LogP contribution is 2.81. The van der Waals surface area contributed by atoms with Crippen LogP contribution >= 0.6 is 0 Å². The third-order valence-electron chi connectivity index (χ3n) is 12.9.